The molecule has 192 valence electrons. The van der Waals surface area contributed by atoms with Crippen LogP contribution in [0, 0.1) is 12.7 Å². The fourth-order valence-electron chi connectivity index (χ4n) is 3.44. The molecule has 1 N–H and O–H groups in total. The number of aromatic nitrogens is 2. The van der Waals surface area contributed by atoms with Gasteiger partial charge in [0.15, 0.2) is 0 Å². The summed E-state index contributed by atoms with van der Waals surface area (Å²) in [5, 5.41) is 2.76. The van der Waals surface area contributed by atoms with E-state index in [1.807, 2.05) is 6.92 Å². The molecule has 0 radical (unpaired) electrons. The Bertz CT molecular complexity index is 1240. The number of hydroxylamine groups is 2. The number of rotatable bonds is 6. The van der Waals surface area contributed by atoms with Crippen LogP contribution in [0.5, 0.6) is 5.75 Å². The molecule has 12 heteroatoms. The Balaban J connectivity index is 1.89. The van der Waals surface area contributed by atoms with E-state index in [0.29, 0.717) is 22.1 Å². The van der Waals surface area contributed by atoms with Crippen molar-refractivity contribution in [3.05, 3.63) is 72.1 Å². The standard InChI is InChI=1S/C24H24F4N4O4/c1-15-13-31(14-29-15)19-10-9-18(11-20(19)35-4)30-22(34)32(36-21(33)24(26,27)28)23(2,3)12-16-5-7-17(25)8-6-16/h5-11,13-14H,12H2,1-4H3,(H,30,34). The zero-order valence-electron chi connectivity index (χ0n) is 19.9. The van der Waals surface area contributed by atoms with Gasteiger partial charge in [0.25, 0.3) is 0 Å². The van der Waals surface area contributed by atoms with Crippen molar-refractivity contribution in [2.24, 2.45) is 0 Å². The maximum atomic E-state index is 13.3. The van der Waals surface area contributed by atoms with Gasteiger partial charge in [-0.1, -0.05) is 12.1 Å². The average molecular weight is 508 g/mol. The molecular weight excluding hydrogens is 484 g/mol. The van der Waals surface area contributed by atoms with Crippen molar-refractivity contribution in [2.45, 2.75) is 38.9 Å². The fourth-order valence-corrected chi connectivity index (χ4v) is 3.44. The zero-order valence-corrected chi connectivity index (χ0v) is 19.9. The monoisotopic (exact) mass is 508 g/mol. The van der Waals surface area contributed by atoms with Gasteiger partial charge in [-0.3, -0.25) is 0 Å². The number of nitrogens with zero attached hydrogens (tertiary/aromatic N) is 3. The molecule has 0 aliphatic rings. The highest BCUT2D eigenvalue weighted by Crippen LogP contribution is 2.29. The first-order valence-electron chi connectivity index (χ1n) is 10.6. The van der Waals surface area contributed by atoms with Gasteiger partial charge in [0.1, 0.15) is 11.6 Å². The molecule has 2 amide bonds. The Kier molecular flexibility index (Phi) is 7.56. The Hall–Kier alpha value is -4.09. The van der Waals surface area contributed by atoms with Gasteiger partial charge in [-0.05, 0) is 57.0 Å². The highest BCUT2D eigenvalue weighted by Gasteiger charge is 2.46. The highest BCUT2D eigenvalue weighted by molar-refractivity contribution is 5.91. The molecule has 3 rings (SSSR count). The van der Waals surface area contributed by atoms with E-state index in [4.69, 9.17) is 4.74 Å². The van der Waals surface area contributed by atoms with Crippen LogP contribution in [0.3, 0.4) is 0 Å². The van der Waals surface area contributed by atoms with Crippen LogP contribution < -0.4 is 10.1 Å². The number of aryl methyl sites for hydroxylation is 1. The SMILES string of the molecule is COc1cc(NC(=O)N(OC(=O)C(F)(F)F)C(C)(C)Cc2ccc(F)cc2)ccc1-n1cnc(C)c1. The Morgan fingerprint density at radius 1 is 1.11 bits per heavy atom. The topological polar surface area (TPSA) is 85.7 Å². The molecule has 3 aromatic rings. The molecule has 8 nitrogen and oxygen atoms in total. The van der Waals surface area contributed by atoms with Crippen molar-refractivity contribution in [3.63, 3.8) is 0 Å². The summed E-state index contributed by atoms with van der Waals surface area (Å²) in [4.78, 5) is 33.4. The summed E-state index contributed by atoms with van der Waals surface area (Å²) in [6.07, 6.45) is -2.06. The van der Waals surface area contributed by atoms with Gasteiger partial charge < -0.3 is 19.5 Å². The van der Waals surface area contributed by atoms with E-state index in [1.165, 1.54) is 57.4 Å². The van der Waals surface area contributed by atoms with Crippen LogP contribution in [0.15, 0.2) is 55.0 Å². The quantitative estimate of drug-likeness (QED) is 0.365. The summed E-state index contributed by atoms with van der Waals surface area (Å²) in [5.41, 5.74) is 0.585. The number of carbonyl (C=O) groups is 2. The molecule has 0 unspecified atom stereocenters. The second kappa shape index (κ2) is 10.3. The molecule has 0 spiro atoms. The number of amides is 2. The third-order valence-corrected chi connectivity index (χ3v) is 5.11. The third kappa shape index (κ3) is 6.32. The number of ether oxygens (including phenoxy) is 1. The second-order valence-corrected chi connectivity index (χ2v) is 8.53. The number of benzene rings is 2. The minimum atomic E-state index is -5.34. The number of methoxy groups -OCH3 is 1. The van der Waals surface area contributed by atoms with Crippen molar-refractivity contribution in [3.8, 4) is 11.4 Å². The van der Waals surface area contributed by atoms with Crippen LogP contribution in [-0.2, 0) is 16.1 Å². The number of nitrogens with one attached hydrogen (secondary N) is 1. The van der Waals surface area contributed by atoms with E-state index in [2.05, 4.69) is 15.1 Å². The first kappa shape index (κ1) is 26.5. The number of hydrogen-bond acceptors (Lipinski definition) is 5. The van der Waals surface area contributed by atoms with E-state index in [9.17, 15) is 27.2 Å². The summed E-state index contributed by atoms with van der Waals surface area (Å²) in [5.74, 6) is -2.72. The summed E-state index contributed by atoms with van der Waals surface area (Å²) < 4.78 is 59.2. The molecule has 1 aromatic heterocycles. The van der Waals surface area contributed by atoms with Crippen molar-refractivity contribution in [1.82, 2.24) is 14.6 Å². The summed E-state index contributed by atoms with van der Waals surface area (Å²) in [7, 11) is 1.41. The maximum absolute atomic E-state index is 13.3. The molecule has 0 atom stereocenters. The van der Waals surface area contributed by atoms with Crippen LogP contribution >= 0.6 is 0 Å². The molecular formula is C24H24F4N4O4. The average Bonchev–Trinajstić information content (AvgIpc) is 3.23. The predicted molar refractivity (Wildman–Crippen MR) is 122 cm³/mol. The molecule has 0 bridgehead atoms. The van der Waals surface area contributed by atoms with Crippen LogP contribution in [0.4, 0.5) is 28.0 Å². The zero-order chi connectivity index (χ0) is 26.7. The Morgan fingerprint density at radius 3 is 2.33 bits per heavy atom. The molecule has 2 aromatic carbocycles. The van der Waals surface area contributed by atoms with Crippen LogP contribution in [0.25, 0.3) is 5.69 Å². The summed E-state index contributed by atoms with van der Waals surface area (Å²) >= 11 is 0. The van der Waals surface area contributed by atoms with Crippen molar-refractivity contribution >= 4 is 17.7 Å². The van der Waals surface area contributed by atoms with Gasteiger partial charge in [-0.25, -0.2) is 19.0 Å². The van der Waals surface area contributed by atoms with Gasteiger partial charge in [0, 0.05) is 18.0 Å². The first-order chi connectivity index (χ1) is 16.8. The Morgan fingerprint density at radius 2 is 1.78 bits per heavy atom. The van der Waals surface area contributed by atoms with Crippen molar-refractivity contribution < 1.29 is 36.7 Å². The maximum Gasteiger partial charge on any atom is 0.493 e. The van der Waals surface area contributed by atoms with E-state index in [0.717, 1.165) is 5.69 Å². The largest absolute Gasteiger partial charge is 0.494 e. The number of hydrogen-bond donors (Lipinski definition) is 1. The Labute approximate surface area is 204 Å². The number of urea groups is 1. The summed E-state index contributed by atoms with van der Waals surface area (Å²) in [6.45, 7) is 4.62. The van der Waals surface area contributed by atoms with E-state index in [-0.39, 0.29) is 12.1 Å². The third-order valence-electron chi connectivity index (χ3n) is 5.11. The molecule has 0 fully saturated rings. The van der Waals surface area contributed by atoms with E-state index < -0.39 is 29.5 Å². The number of anilines is 1. The second-order valence-electron chi connectivity index (χ2n) is 8.53. The van der Waals surface area contributed by atoms with Gasteiger partial charge in [-0.15, -0.1) is 5.06 Å². The van der Waals surface area contributed by atoms with Crippen LogP contribution in [0.1, 0.15) is 25.1 Å². The number of carbonyl (C=O) groups excluding carboxylic acids is 2. The van der Waals surface area contributed by atoms with Gasteiger partial charge in [0.05, 0.1) is 30.4 Å². The highest BCUT2D eigenvalue weighted by atomic mass is 19.4. The lowest BCUT2D eigenvalue weighted by atomic mass is 9.94. The predicted octanol–water partition coefficient (Wildman–Crippen LogP) is 5.20. The minimum Gasteiger partial charge on any atom is -0.494 e. The lowest BCUT2D eigenvalue weighted by Crippen LogP contribution is -2.53. The molecule has 0 saturated carbocycles. The molecule has 0 saturated heterocycles. The smallest absolute Gasteiger partial charge is 0.493 e. The van der Waals surface area contributed by atoms with Gasteiger partial charge in [-0.2, -0.15) is 13.2 Å². The molecule has 0 aliphatic heterocycles. The van der Waals surface area contributed by atoms with Gasteiger partial charge >= 0.3 is 18.2 Å². The number of imidazole rings is 1. The number of alkyl halides is 3. The molecule has 36 heavy (non-hydrogen) atoms. The first-order valence-corrected chi connectivity index (χ1v) is 10.6. The van der Waals surface area contributed by atoms with E-state index >= 15 is 0 Å². The van der Waals surface area contributed by atoms with E-state index in [1.54, 1.807) is 23.2 Å². The van der Waals surface area contributed by atoms with Gasteiger partial charge in [0.2, 0.25) is 0 Å². The number of halogens is 4. The van der Waals surface area contributed by atoms with Crippen molar-refractivity contribution in [1.29, 1.82) is 0 Å². The molecule has 0 aliphatic carbocycles. The fraction of sp³-hybridized carbons (Fsp3) is 0.292. The minimum absolute atomic E-state index is 0.0475. The van der Waals surface area contributed by atoms with Crippen LogP contribution in [-0.4, -0.2) is 45.4 Å². The van der Waals surface area contributed by atoms with Crippen LogP contribution in [0.2, 0.25) is 0 Å². The lowest BCUT2D eigenvalue weighted by molar-refractivity contribution is -0.239. The normalized spacial score (nSPS) is 11.7. The molecule has 1 heterocycles. The lowest BCUT2D eigenvalue weighted by Gasteiger charge is -2.36. The summed E-state index contributed by atoms with van der Waals surface area (Å²) in [6, 6.07) is 8.63. The van der Waals surface area contributed by atoms with Crippen molar-refractivity contribution in [2.75, 3.05) is 12.4 Å².